The lowest BCUT2D eigenvalue weighted by Gasteiger charge is -2.24. The Labute approximate surface area is 173 Å². The van der Waals surface area contributed by atoms with Crippen molar-refractivity contribution in [2.24, 2.45) is 0 Å². The van der Waals surface area contributed by atoms with Crippen molar-refractivity contribution in [2.75, 3.05) is 34.5 Å². The summed E-state index contributed by atoms with van der Waals surface area (Å²) in [6.45, 7) is 0.802. The van der Waals surface area contributed by atoms with Gasteiger partial charge in [0.1, 0.15) is 17.3 Å². The minimum atomic E-state index is -0.719. The van der Waals surface area contributed by atoms with Crippen LogP contribution in [-0.2, 0) is 14.3 Å². The first-order valence-electron chi connectivity index (χ1n) is 9.06. The molecule has 0 spiro atoms. The summed E-state index contributed by atoms with van der Waals surface area (Å²) in [4.78, 5) is 28.0. The minimum absolute atomic E-state index is 0.0430. The van der Waals surface area contributed by atoms with Crippen LogP contribution in [0.2, 0.25) is 0 Å². The number of ether oxygens (including phenoxy) is 3. The highest BCUT2D eigenvalue weighted by Crippen LogP contribution is 2.42. The smallest absolute Gasteiger partial charge is 0.295 e. The second-order valence-electron chi connectivity index (χ2n) is 6.42. The standard InChI is InChI=1S/C21H23NO6S/c1-26-10-5-9-22-18(16-6-4-11-29-16)17(20(24)21(22)25)19(23)14-12-13(27-2)7-8-15(14)28-3/h4,6-8,11-12,18,23H,5,9-10H2,1-3H3/b19-17-. The summed E-state index contributed by atoms with van der Waals surface area (Å²) in [6, 6.07) is 7.95. The monoisotopic (exact) mass is 417 g/mol. The summed E-state index contributed by atoms with van der Waals surface area (Å²) in [5.41, 5.74) is 0.338. The molecule has 7 nitrogen and oxygen atoms in total. The fraction of sp³-hybridized carbons (Fsp3) is 0.333. The third-order valence-electron chi connectivity index (χ3n) is 4.76. The Kier molecular flexibility index (Phi) is 6.56. The zero-order chi connectivity index (χ0) is 21.0. The van der Waals surface area contributed by atoms with Gasteiger partial charge >= 0.3 is 0 Å². The summed E-state index contributed by atoms with van der Waals surface area (Å²) in [6.07, 6.45) is 0.577. The maximum absolute atomic E-state index is 12.9. The van der Waals surface area contributed by atoms with Crippen LogP contribution >= 0.6 is 11.3 Å². The van der Waals surface area contributed by atoms with Crippen LogP contribution in [-0.4, -0.2) is 56.2 Å². The van der Waals surface area contributed by atoms with Crippen LogP contribution < -0.4 is 9.47 Å². The molecule has 8 heteroatoms. The van der Waals surface area contributed by atoms with Crippen LogP contribution in [0.1, 0.15) is 22.9 Å². The number of ketones is 1. The number of aliphatic hydroxyl groups is 1. The number of rotatable bonds is 8. The van der Waals surface area contributed by atoms with E-state index in [0.29, 0.717) is 36.6 Å². The highest BCUT2D eigenvalue weighted by molar-refractivity contribution is 7.10. The molecule has 1 N–H and O–H groups in total. The molecule has 1 saturated heterocycles. The van der Waals surface area contributed by atoms with E-state index in [1.54, 1.807) is 25.3 Å². The van der Waals surface area contributed by atoms with Gasteiger partial charge in [0, 0.05) is 25.1 Å². The molecule has 29 heavy (non-hydrogen) atoms. The van der Waals surface area contributed by atoms with E-state index in [-0.39, 0.29) is 11.3 Å². The molecule has 1 unspecified atom stereocenters. The highest BCUT2D eigenvalue weighted by atomic mass is 32.1. The molecule has 1 fully saturated rings. The van der Waals surface area contributed by atoms with Gasteiger partial charge in [-0.05, 0) is 36.1 Å². The SMILES string of the molecule is COCCCN1C(=O)C(=O)/C(=C(\O)c2cc(OC)ccc2OC)C1c1cccs1. The number of carbonyl (C=O) groups excluding carboxylic acids is 2. The fourth-order valence-electron chi connectivity index (χ4n) is 3.38. The summed E-state index contributed by atoms with van der Waals surface area (Å²) >= 11 is 1.42. The van der Waals surface area contributed by atoms with Crippen molar-refractivity contribution in [3.63, 3.8) is 0 Å². The van der Waals surface area contributed by atoms with Gasteiger partial charge in [0.05, 0.1) is 31.4 Å². The molecule has 3 rings (SSSR count). The number of hydrogen-bond acceptors (Lipinski definition) is 7. The Morgan fingerprint density at radius 1 is 1.17 bits per heavy atom. The molecule has 1 atom stereocenters. The number of nitrogens with zero attached hydrogens (tertiary/aromatic N) is 1. The molecular formula is C21H23NO6S. The fourth-order valence-corrected chi connectivity index (χ4v) is 4.22. The van der Waals surface area contributed by atoms with Crippen LogP contribution in [0.5, 0.6) is 11.5 Å². The van der Waals surface area contributed by atoms with Crippen molar-refractivity contribution >= 4 is 28.8 Å². The molecule has 2 aromatic rings. The van der Waals surface area contributed by atoms with E-state index in [2.05, 4.69) is 0 Å². The average molecular weight is 417 g/mol. The quantitative estimate of drug-likeness (QED) is 0.307. The van der Waals surface area contributed by atoms with Crippen LogP contribution in [0.4, 0.5) is 0 Å². The molecule has 1 amide bonds. The molecule has 0 aliphatic carbocycles. The van der Waals surface area contributed by atoms with Gasteiger partial charge in [-0.3, -0.25) is 9.59 Å². The molecule has 0 bridgehead atoms. The number of thiophene rings is 1. The normalized spacial score (nSPS) is 18.3. The molecule has 1 aromatic heterocycles. The second kappa shape index (κ2) is 9.11. The lowest BCUT2D eigenvalue weighted by atomic mass is 9.99. The van der Waals surface area contributed by atoms with Crippen molar-refractivity contribution in [1.29, 1.82) is 0 Å². The van der Waals surface area contributed by atoms with Crippen LogP contribution in [0.15, 0.2) is 41.3 Å². The molecule has 1 aromatic carbocycles. The predicted molar refractivity (Wildman–Crippen MR) is 109 cm³/mol. The van der Waals surface area contributed by atoms with Crippen LogP contribution in [0, 0.1) is 0 Å². The maximum Gasteiger partial charge on any atom is 0.295 e. The zero-order valence-electron chi connectivity index (χ0n) is 16.5. The molecule has 1 aliphatic rings. The van der Waals surface area contributed by atoms with Gasteiger partial charge in [0.2, 0.25) is 0 Å². The van der Waals surface area contributed by atoms with E-state index in [4.69, 9.17) is 14.2 Å². The first-order valence-corrected chi connectivity index (χ1v) is 9.94. The van der Waals surface area contributed by atoms with Gasteiger partial charge in [-0.25, -0.2) is 0 Å². The van der Waals surface area contributed by atoms with Gasteiger partial charge in [-0.15, -0.1) is 11.3 Å². The summed E-state index contributed by atoms with van der Waals surface area (Å²) < 4.78 is 15.7. The number of likely N-dealkylation sites (tertiary alicyclic amines) is 1. The largest absolute Gasteiger partial charge is 0.507 e. The van der Waals surface area contributed by atoms with Gasteiger partial charge in [0.25, 0.3) is 11.7 Å². The Bertz CT molecular complexity index is 921. The lowest BCUT2D eigenvalue weighted by molar-refractivity contribution is -0.140. The lowest BCUT2D eigenvalue weighted by Crippen LogP contribution is -2.31. The van der Waals surface area contributed by atoms with E-state index in [0.717, 1.165) is 4.88 Å². The third-order valence-corrected chi connectivity index (χ3v) is 5.69. The van der Waals surface area contributed by atoms with E-state index in [9.17, 15) is 14.7 Å². The Morgan fingerprint density at radius 2 is 1.97 bits per heavy atom. The minimum Gasteiger partial charge on any atom is -0.507 e. The van der Waals surface area contributed by atoms with Crippen molar-refractivity contribution in [2.45, 2.75) is 12.5 Å². The van der Waals surface area contributed by atoms with Gasteiger partial charge in [-0.2, -0.15) is 0 Å². The van der Waals surface area contributed by atoms with E-state index in [1.807, 2.05) is 17.5 Å². The molecular weight excluding hydrogens is 394 g/mol. The molecule has 1 aliphatic heterocycles. The maximum atomic E-state index is 12.9. The van der Waals surface area contributed by atoms with Crippen molar-refractivity contribution < 1.29 is 28.9 Å². The van der Waals surface area contributed by atoms with Gasteiger partial charge in [-0.1, -0.05) is 6.07 Å². The Morgan fingerprint density at radius 3 is 2.59 bits per heavy atom. The summed E-state index contributed by atoms with van der Waals surface area (Å²) in [7, 11) is 4.56. The van der Waals surface area contributed by atoms with E-state index < -0.39 is 17.7 Å². The number of hydrogen-bond donors (Lipinski definition) is 1. The van der Waals surface area contributed by atoms with Crippen molar-refractivity contribution in [3.05, 3.63) is 51.7 Å². The first kappa shape index (κ1) is 20.9. The molecule has 0 radical (unpaired) electrons. The second-order valence-corrected chi connectivity index (χ2v) is 7.40. The Hall–Kier alpha value is -2.84. The predicted octanol–water partition coefficient (Wildman–Crippen LogP) is 3.22. The van der Waals surface area contributed by atoms with Crippen LogP contribution in [0.3, 0.4) is 0 Å². The third kappa shape index (κ3) is 3.99. The van der Waals surface area contributed by atoms with E-state index in [1.165, 1.54) is 30.5 Å². The molecule has 154 valence electrons. The van der Waals surface area contributed by atoms with Crippen LogP contribution in [0.25, 0.3) is 5.76 Å². The molecule has 2 heterocycles. The number of Topliss-reactive ketones (excluding diaryl/α,β-unsaturated/α-hetero) is 1. The summed E-state index contributed by atoms with van der Waals surface area (Å²) in [5.74, 6) is -0.772. The van der Waals surface area contributed by atoms with E-state index >= 15 is 0 Å². The average Bonchev–Trinajstić information content (AvgIpc) is 3.35. The van der Waals surface area contributed by atoms with Gasteiger partial charge in [0.15, 0.2) is 0 Å². The van der Waals surface area contributed by atoms with Gasteiger partial charge < -0.3 is 24.2 Å². The molecule has 0 saturated carbocycles. The van der Waals surface area contributed by atoms with Crippen molar-refractivity contribution in [1.82, 2.24) is 4.90 Å². The number of methoxy groups -OCH3 is 3. The number of amides is 1. The number of carbonyl (C=O) groups is 2. The Balaban J connectivity index is 2.14. The number of aliphatic hydroxyl groups excluding tert-OH is 1. The zero-order valence-corrected chi connectivity index (χ0v) is 17.3. The highest BCUT2D eigenvalue weighted by Gasteiger charge is 2.46. The number of benzene rings is 1. The first-order chi connectivity index (χ1) is 14.0. The topological polar surface area (TPSA) is 85.3 Å². The summed E-state index contributed by atoms with van der Waals surface area (Å²) in [5, 5.41) is 13.0. The van der Waals surface area contributed by atoms with Crippen molar-refractivity contribution in [3.8, 4) is 11.5 Å².